The lowest BCUT2D eigenvalue weighted by molar-refractivity contribution is -0.117. The molecular formula is C24H19FN2O3. The molecule has 1 N–H and O–H groups in total. The fourth-order valence-electron chi connectivity index (χ4n) is 3.64. The van der Waals surface area contributed by atoms with Gasteiger partial charge in [-0.3, -0.25) is 19.3 Å². The lowest BCUT2D eigenvalue weighted by Gasteiger charge is -2.21. The molecule has 3 aromatic rings. The van der Waals surface area contributed by atoms with Crippen LogP contribution < -0.4 is 5.32 Å². The number of nitrogens with one attached hydrogen (secondary N) is 1. The fraction of sp³-hybridized carbons (Fsp3) is 0.125. The van der Waals surface area contributed by atoms with E-state index in [1.807, 2.05) is 0 Å². The number of nitrogens with zero attached hydrogens (tertiary/aromatic N) is 1. The first-order chi connectivity index (χ1) is 14.4. The first kappa shape index (κ1) is 19.7. The molecule has 4 rings (SSSR count). The number of rotatable bonds is 5. The van der Waals surface area contributed by atoms with Crippen LogP contribution in [0.5, 0.6) is 0 Å². The summed E-state index contributed by atoms with van der Waals surface area (Å²) in [6, 6.07) is 17.6. The zero-order chi connectivity index (χ0) is 21.3. The van der Waals surface area contributed by atoms with Crippen LogP contribution in [0.15, 0.2) is 66.7 Å². The zero-order valence-electron chi connectivity index (χ0n) is 16.3. The molecule has 0 fully saturated rings. The minimum atomic E-state index is -0.313. The van der Waals surface area contributed by atoms with E-state index >= 15 is 0 Å². The van der Waals surface area contributed by atoms with Crippen LogP contribution in [-0.2, 0) is 11.3 Å². The molecule has 3 aromatic carbocycles. The van der Waals surface area contributed by atoms with E-state index in [1.165, 1.54) is 12.1 Å². The maximum atomic E-state index is 13.0. The lowest BCUT2D eigenvalue weighted by atomic mass is 9.83. The van der Waals surface area contributed by atoms with Gasteiger partial charge in [-0.15, -0.1) is 0 Å². The van der Waals surface area contributed by atoms with Crippen LogP contribution in [0.25, 0.3) is 0 Å². The second-order valence-electron chi connectivity index (χ2n) is 7.28. The average Bonchev–Trinajstić information content (AvgIpc) is 2.73. The van der Waals surface area contributed by atoms with Gasteiger partial charge in [0.2, 0.25) is 5.91 Å². The Labute approximate surface area is 173 Å². The van der Waals surface area contributed by atoms with E-state index in [0.717, 1.165) is 5.56 Å². The Balaban J connectivity index is 1.52. The molecule has 6 heteroatoms. The molecule has 5 nitrogen and oxygen atoms in total. The number of amides is 1. The van der Waals surface area contributed by atoms with Crippen LogP contribution in [0.1, 0.15) is 37.4 Å². The molecule has 0 spiro atoms. The normalized spacial score (nSPS) is 12.5. The van der Waals surface area contributed by atoms with E-state index in [2.05, 4.69) is 5.32 Å². The monoisotopic (exact) mass is 402 g/mol. The highest BCUT2D eigenvalue weighted by Crippen LogP contribution is 2.31. The number of hydrogen-bond donors (Lipinski definition) is 1. The Morgan fingerprint density at radius 3 is 2.20 bits per heavy atom. The molecule has 1 aliphatic carbocycles. The van der Waals surface area contributed by atoms with E-state index in [4.69, 9.17) is 0 Å². The van der Waals surface area contributed by atoms with Crippen LogP contribution in [0.4, 0.5) is 10.1 Å². The summed E-state index contributed by atoms with van der Waals surface area (Å²) in [6.45, 7) is 0.533. The highest BCUT2D eigenvalue weighted by Gasteiger charge is 2.31. The number of ketones is 2. The van der Waals surface area contributed by atoms with Crippen LogP contribution in [0.3, 0.4) is 0 Å². The second kappa shape index (κ2) is 8.00. The van der Waals surface area contributed by atoms with Crippen LogP contribution in [0.2, 0.25) is 0 Å². The first-order valence-corrected chi connectivity index (χ1v) is 9.48. The largest absolute Gasteiger partial charge is 0.324 e. The molecule has 1 amide bonds. The molecule has 0 bridgehead atoms. The number of anilines is 1. The topological polar surface area (TPSA) is 66.5 Å². The second-order valence-corrected chi connectivity index (χ2v) is 7.28. The molecule has 30 heavy (non-hydrogen) atoms. The van der Waals surface area contributed by atoms with Gasteiger partial charge in [-0.1, -0.05) is 48.5 Å². The Hall–Kier alpha value is -3.64. The highest BCUT2D eigenvalue weighted by atomic mass is 19.1. The molecule has 0 unspecified atom stereocenters. The number of likely N-dealkylation sites (N-methyl/N-ethyl adjacent to an activating group) is 1. The predicted octanol–water partition coefficient (Wildman–Crippen LogP) is 3.67. The minimum Gasteiger partial charge on any atom is -0.324 e. The quantitative estimate of drug-likeness (QED) is 0.553. The molecule has 150 valence electrons. The van der Waals surface area contributed by atoms with Crippen molar-refractivity contribution in [2.24, 2.45) is 0 Å². The molecule has 0 heterocycles. The maximum absolute atomic E-state index is 13.0. The third-order valence-corrected chi connectivity index (χ3v) is 5.01. The van der Waals surface area contributed by atoms with Crippen molar-refractivity contribution in [1.82, 2.24) is 4.90 Å². The van der Waals surface area contributed by atoms with Gasteiger partial charge in [0.05, 0.1) is 17.8 Å². The number of carbonyl (C=O) groups excluding carboxylic acids is 3. The van der Waals surface area contributed by atoms with Crippen LogP contribution >= 0.6 is 0 Å². The summed E-state index contributed by atoms with van der Waals surface area (Å²) in [4.78, 5) is 40.2. The molecular weight excluding hydrogens is 383 g/mol. The van der Waals surface area contributed by atoms with E-state index in [-0.39, 0.29) is 41.0 Å². The summed E-state index contributed by atoms with van der Waals surface area (Å²) in [7, 11) is 1.77. The third-order valence-electron chi connectivity index (χ3n) is 5.01. The van der Waals surface area contributed by atoms with Gasteiger partial charge in [0.15, 0.2) is 11.6 Å². The summed E-state index contributed by atoms with van der Waals surface area (Å²) in [6.07, 6.45) is 0. The standard InChI is InChI=1S/C24H19FN2O3/c1-27(13-15-9-11-16(25)12-10-15)14-21(28)26-20-8-4-7-19-22(20)24(30)18-6-3-2-5-17(18)23(19)29/h2-12H,13-14H2,1H3,(H,26,28). The van der Waals surface area contributed by atoms with Crippen molar-refractivity contribution >= 4 is 23.2 Å². The lowest BCUT2D eigenvalue weighted by Crippen LogP contribution is -2.31. The Kier molecular flexibility index (Phi) is 5.25. The summed E-state index contributed by atoms with van der Waals surface area (Å²) in [5, 5.41) is 2.76. The first-order valence-electron chi connectivity index (χ1n) is 9.48. The summed E-state index contributed by atoms with van der Waals surface area (Å²) >= 11 is 0. The molecule has 1 aliphatic rings. The van der Waals surface area contributed by atoms with Crippen molar-refractivity contribution in [1.29, 1.82) is 0 Å². The number of hydrogen-bond acceptors (Lipinski definition) is 4. The van der Waals surface area contributed by atoms with Gasteiger partial charge in [-0.2, -0.15) is 0 Å². The van der Waals surface area contributed by atoms with E-state index in [1.54, 1.807) is 66.5 Å². The molecule has 0 saturated heterocycles. The molecule has 0 radical (unpaired) electrons. The summed E-state index contributed by atoms with van der Waals surface area (Å²) < 4.78 is 13.0. The van der Waals surface area contributed by atoms with Crippen molar-refractivity contribution < 1.29 is 18.8 Å². The molecule has 0 atom stereocenters. The Morgan fingerprint density at radius 2 is 1.50 bits per heavy atom. The number of halogens is 1. The zero-order valence-corrected chi connectivity index (χ0v) is 16.3. The Bertz CT molecular complexity index is 1160. The minimum absolute atomic E-state index is 0.0692. The Morgan fingerprint density at radius 1 is 0.867 bits per heavy atom. The van der Waals surface area contributed by atoms with Crippen LogP contribution in [-0.4, -0.2) is 36.0 Å². The van der Waals surface area contributed by atoms with Crippen molar-refractivity contribution in [3.05, 3.63) is 100 Å². The third kappa shape index (κ3) is 3.77. The van der Waals surface area contributed by atoms with E-state index < -0.39 is 0 Å². The smallest absolute Gasteiger partial charge is 0.238 e. The van der Waals surface area contributed by atoms with Crippen molar-refractivity contribution in [3.8, 4) is 0 Å². The molecule has 0 saturated carbocycles. The maximum Gasteiger partial charge on any atom is 0.238 e. The average molecular weight is 402 g/mol. The van der Waals surface area contributed by atoms with E-state index in [9.17, 15) is 18.8 Å². The van der Waals surface area contributed by atoms with Gasteiger partial charge in [-0.05, 0) is 30.8 Å². The molecule has 0 aliphatic heterocycles. The van der Waals surface area contributed by atoms with Crippen molar-refractivity contribution in [2.45, 2.75) is 6.54 Å². The number of benzene rings is 3. The van der Waals surface area contributed by atoms with Gasteiger partial charge in [0.1, 0.15) is 5.82 Å². The van der Waals surface area contributed by atoms with Gasteiger partial charge in [-0.25, -0.2) is 4.39 Å². The van der Waals surface area contributed by atoms with Crippen molar-refractivity contribution in [3.63, 3.8) is 0 Å². The molecule has 0 aromatic heterocycles. The van der Waals surface area contributed by atoms with Gasteiger partial charge >= 0.3 is 0 Å². The predicted molar refractivity (Wildman–Crippen MR) is 111 cm³/mol. The SMILES string of the molecule is CN(CC(=O)Nc1cccc2c1C(=O)c1ccccc1C2=O)Cc1ccc(F)cc1. The summed E-state index contributed by atoms with van der Waals surface area (Å²) in [5.41, 5.74) is 2.41. The fourth-order valence-corrected chi connectivity index (χ4v) is 3.64. The van der Waals surface area contributed by atoms with E-state index in [0.29, 0.717) is 23.4 Å². The number of carbonyl (C=O) groups is 3. The van der Waals surface area contributed by atoms with Gasteiger partial charge < -0.3 is 5.32 Å². The summed E-state index contributed by atoms with van der Waals surface area (Å²) in [5.74, 6) is -1.14. The number of fused-ring (bicyclic) bond motifs is 2. The van der Waals surface area contributed by atoms with Gasteiger partial charge in [0.25, 0.3) is 0 Å². The van der Waals surface area contributed by atoms with Crippen molar-refractivity contribution in [2.75, 3.05) is 18.9 Å². The van der Waals surface area contributed by atoms with Gasteiger partial charge in [0, 0.05) is 23.2 Å². The highest BCUT2D eigenvalue weighted by molar-refractivity contribution is 6.30. The van der Waals surface area contributed by atoms with Crippen LogP contribution in [0, 0.1) is 5.82 Å².